The number of benzene rings is 1. The van der Waals surface area contributed by atoms with E-state index >= 15 is 0 Å². The zero-order valence-electron chi connectivity index (χ0n) is 22.1. The van der Waals surface area contributed by atoms with Gasteiger partial charge in [-0.25, -0.2) is 4.98 Å². The zero-order valence-corrected chi connectivity index (χ0v) is 22.8. The van der Waals surface area contributed by atoms with Gasteiger partial charge < -0.3 is 19.8 Å². The zero-order chi connectivity index (χ0) is 28.3. The van der Waals surface area contributed by atoms with Crippen LogP contribution >= 0.6 is 11.6 Å². The number of aryl methyl sites for hydroxylation is 1. The van der Waals surface area contributed by atoms with E-state index in [9.17, 15) is 27.9 Å². The summed E-state index contributed by atoms with van der Waals surface area (Å²) in [7, 11) is 4.58. The van der Waals surface area contributed by atoms with Crippen LogP contribution < -0.4 is 4.90 Å². The number of carbonyl (C=O) groups excluding carboxylic acids is 2. The molecule has 7 nitrogen and oxygen atoms in total. The number of anilines is 1. The average molecular weight is 555 g/mol. The summed E-state index contributed by atoms with van der Waals surface area (Å²) in [4.78, 5) is 33.9. The van der Waals surface area contributed by atoms with E-state index in [1.807, 2.05) is 0 Å². The fourth-order valence-corrected chi connectivity index (χ4v) is 4.96. The molecule has 0 bridgehead atoms. The molecule has 1 saturated heterocycles. The summed E-state index contributed by atoms with van der Waals surface area (Å²) in [5.41, 5.74) is -3.22. The third kappa shape index (κ3) is 6.40. The van der Waals surface area contributed by atoms with Crippen LogP contribution in [0.5, 0.6) is 0 Å². The lowest BCUT2D eigenvalue weighted by Crippen LogP contribution is -2.55. The van der Waals surface area contributed by atoms with E-state index in [0.717, 1.165) is 43.3 Å². The molecule has 2 aromatic rings. The number of pyridine rings is 1. The first-order valence-corrected chi connectivity index (χ1v) is 12.9. The van der Waals surface area contributed by atoms with Gasteiger partial charge in [0.25, 0.3) is 17.4 Å². The standard InChI is InChI=1S/C27H34ClF3N4O3/c1-18-7-5-9-20(17-18)26(38,27(29,30)31)25(37)34(4)14-6-8-19-12-15-35(16-13-19)22-11-10-21(23(28)32-22)24(36)33(2)3/h5,7,9-11,17,19,38H,6,8,12-16H2,1-4H3. The summed E-state index contributed by atoms with van der Waals surface area (Å²) in [5, 5.41) is 10.8. The Morgan fingerprint density at radius 3 is 2.34 bits per heavy atom. The molecule has 0 saturated carbocycles. The average Bonchev–Trinajstić information content (AvgIpc) is 2.86. The van der Waals surface area contributed by atoms with Crippen molar-refractivity contribution in [1.82, 2.24) is 14.8 Å². The van der Waals surface area contributed by atoms with E-state index in [2.05, 4.69) is 9.88 Å². The van der Waals surface area contributed by atoms with Gasteiger partial charge >= 0.3 is 6.18 Å². The summed E-state index contributed by atoms with van der Waals surface area (Å²) >= 11 is 6.24. The van der Waals surface area contributed by atoms with Crippen LogP contribution in [-0.4, -0.2) is 78.7 Å². The maximum absolute atomic E-state index is 13.9. The van der Waals surface area contributed by atoms with Gasteiger partial charge in [0.15, 0.2) is 0 Å². The Hall–Kier alpha value is -2.85. The molecule has 1 unspecified atom stereocenters. The Labute approximate surface area is 226 Å². The smallest absolute Gasteiger partial charge is 0.369 e. The number of hydrogen-bond acceptors (Lipinski definition) is 5. The van der Waals surface area contributed by atoms with Gasteiger partial charge in [0, 0.05) is 46.3 Å². The number of aromatic nitrogens is 1. The van der Waals surface area contributed by atoms with Crippen LogP contribution in [0.2, 0.25) is 5.15 Å². The third-order valence-corrected chi connectivity index (χ3v) is 7.31. The number of aliphatic hydroxyl groups is 1. The normalized spacial score (nSPS) is 16.2. The monoisotopic (exact) mass is 554 g/mol. The van der Waals surface area contributed by atoms with Crippen molar-refractivity contribution in [1.29, 1.82) is 0 Å². The molecule has 1 aromatic heterocycles. The molecule has 208 valence electrons. The molecule has 38 heavy (non-hydrogen) atoms. The van der Waals surface area contributed by atoms with E-state index in [4.69, 9.17) is 11.6 Å². The van der Waals surface area contributed by atoms with Gasteiger partial charge in [-0.2, -0.15) is 13.2 Å². The lowest BCUT2D eigenvalue weighted by molar-refractivity contribution is -0.261. The minimum Gasteiger partial charge on any atom is -0.369 e. The second-order valence-electron chi connectivity index (χ2n) is 10.1. The fraction of sp³-hybridized carbons (Fsp3) is 0.519. The maximum atomic E-state index is 13.9. The molecule has 0 aliphatic carbocycles. The van der Waals surface area contributed by atoms with Crippen molar-refractivity contribution in [3.63, 3.8) is 0 Å². The van der Waals surface area contributed by atoms with Crippen molar-refractivity contribution in [2.45, 2.75) is 44.4 Å². The summed E-state index contributed by atoms with van der Waals surface area (Å²) in [6, 6.07) is 8.75. The van der Waals surface area contributed by atoms with Crippen molar-refractivity contribution in [3.05, 3.63) is 58.2 Å². The Kier molecular flexibility index (Phi) is 9.30. The number of alkyl halides is 3. The van der Waals surface area contributed by atoms with E-state index in [1.54, 1.807) is 39.2 Å². The molecule has 3 rings (SSSR count). The number of nitrogens with zero attached hydrogens (tertiary/aromatic N) is 4. The van der Waals surface area contributed by atoms with Crippen LogP contribution in [0, 0.1) is 12.8 Å². The number of rotatable bonds is 8. The lowest BCUT2D eigenvalue weighted by atomic mass is 9.89. The SMILES string of the molecule is Cc1cccc(C(O)(C(=O)N(C)CCCC2CCN(c3ccc(C(=O)N(C)C)c(Cl)n3)CC2)C(F)(F)F)c1. The molecule has 1 fully saturated rings. The van der Waals surface area contributed by atoms with E-state index < -0.39 is 23.2 Å². The minimum atomic E-state index is -5.16. The van der Waals surface area contributed by atoms with E-state index in [0.29, 0.717) is 29.3 Å². The minimum absolute atomic E-state index is 0.0990. The molecule has 1 atom stereocenters. The molecule has 0 radical (unpaired) electrons. The van der Waals surface area contributed by atoms with Crippen molar-refractivity contribution in [2.24, 2.45) is 5.92 Å². The molecule has 1 N–H and O–H groups in total. The molecule has 1 aromatic carbocycles. The molecule has 11 heteroatoms. The maximum Gasteiger partial charge on any atom is 0.430 e. The molecule has 2 heterocycles. The van der Waals surface area contributed by atoms with Crippen LogP contribution in [0.3, 0.4) is 0 Å². The van der Waals surface area contributed by atoms with Gasteiger partial charge in [-0.3, -0.25) is 9.59 Å². The number of likely N-dealkylation sites (N-methyl/N-ethyl adjacent to an activating group) is 1. The highest BCUT2D eigenvalue weighted by Crippen LogP contribution is 2.40. The quantitative estimate of drug-likeness (QED) is 0.481. The van der Waals surface area contributed by atoms with E-state index in [-0.39, 0.29) is 17.6 Å². The van der Waals surface area contributed by atoms with Crippen molar-refractivity contribution < 1.29 is 27.9 Å². The van der Waals surface area contributed by atoms with Crippen LogP contribution in [0.15, 0.2) is 36.4 Å². The van der Waals surface area contributed by atoms with Crippen LogP contribution in [0.1, 0.15) is 47.2 Å². The second kappa shape index (κ2) is 11.9. The highest BCUT2D eigenvalue weighted by molar-refractivity contribution is 6.32. The van der Waals surface area contributed by atoms with Crippen molar-refractivity contribution >= 4 is 29.2 Å². The third-order valence-electron chi connectivity index (χ3n) is 7.02. The number of halogens is 4. The number of hydrogen-bond donors (Lipinski definition) is 1. The van der Waals surface area contributed by atoms with Crippen LogP contribution in [-0.2, 0) is 10.4 Å². The second-order valence-corrected chi connectivity index (χ2v) is 10.4. The summed E-state index contributed by atoms with van der Waals surface area (Å²) < 4.78 is 41.7. The van der Waals surface area contributed by atoms with Crippen LogP contribution in [0.25, 0.3) is 0 Å². The number of piperidine rings is 1. The van der Waals surface area contributed by atoms with Gasteiger partial charge in [0.1, 0.15) is 11.0 Å². The van der Waals surface area contributed by atoms with Gasteiger partial charge in [-0.05, 0) is 50.7 Å². The number of amides is 2. The number of carbonyl (C=O) groups is 2. The molecule has 0 spiro atoms. The Balaban J connectivity index is 1.54. The first-order valence-electron chi connectivity index (χ1n) is 12.5. The Morgan fingerprint density at radius 1 is 1.13 bits per heavy atom. The molecular formula is C27H34ClF3N4O3. The summed E-state index contributed by atoms with van der Waals surface area (Å²) in [5.74, 6) is -0.567. The highest BCUT2D eigenvalue weighted by atomic mass is 35.5. The predicted octanol–water partition coefficient (Wildman–Crippen LogP) is 4.65. The lowest BCUT2D eigenvalue weighted by Gasteiger charge is -2.34. The Morgan fingerprint density at radius 2 is 1.79 bits per heavy atom. The molecular weight excluding hydrogens is 521 g/mol. The Bertz CT molecular complexity index is 1150. The van der Waals surface area contributed by atoms with E-state index in [1.165, 1.54) is 24.1 Å². The van der Waals surface area contributed by atoms with Crippen LogP contribution in [0.4, 0.5) is 19.0 Å². The fourth-order valence-electron chi connectivity index (χ4n) is 4.73. The highest BCUT2D eigenvalue weighted by Gasteiger charge is 2.61. The first kappa shape index (κ1) is 29.7. The molecule has 1 aliphatic rings. The van der Waals surface area contributed by atoms with Crippen molar-refractivity contribution in [2.75, 3.05) is 45.7 Å². The van der Waals surface area contributed by atoms with Gasteiger partial charge in [-0.1, -0.05) is 41.4 Å². The summed E-state index contributed by atoms with van der Waals surface area (Å²) in [6.45, 7) is 3.16. The van der Waals surface area contributed by atoms with Gasteiger partial charge in [0.2, 0.25) is 0 Å². The summed E-state index contributed by atoms with van der Waals surface area (Å²) in [6.07, 6.45) is -2.20. The molecule has 2 amide bonds. The van der Waals surface area contributed by atoms with Gasteiger partial charge in [0.05, 0.1) is 5.56 Å². The topological polar surface area (TPSA) is 77.0 Å². The largest absolute Gasteiger partial charge is 0.430 e. The van der Waals surface area contributed by atoms with Crippen molar-refractivity contribution in [3.8, 4) is 0 Å². The molecule has 1 aliphatic heterocycles. The first-order chi connectivity index (χ1) is 17.8. The van der Waals surface area contributed by atoms with Gasteiger partial charge in [-0.15, -0.1) is 0 Å². The predicted molar refractivity (Wildman–Crippen MR) is 140 cm³/mol.